The fourth-order valence-corrected chi connectivity index (χ4v) is 5.12. The van der Waals surface area contributed by atoms with E-state index in [9.17, 15) is 31.2 Å². The maximum Gasteiger partial charge on any atom is 0.427 e. The van der Waals surface area contributed by atoms with Gasteiger partial charge in [0, 0.05) is 23.8 Å². The second-order valence-electron chi connectivity index (χ2n) is 10.3. The van der Waals surface area contributed by atoms with Crippen LogP contribution in [0.2, 0.25) is 5.15 Å². The fraction of sp³-hybridized carbons (Fsp3) is 0.542. The van der Waals surface area contributed by atoms with Crippen molar-refractivity contribution in [1.82, 2.24) is 9.78 Å². The molecule has 0 bridgehead atoms. The van der Waals surface area contributed by atoms with Crippen LogP contribution in [0.1, 0.15) is 48.5 Å². The van der Waals surface area contributed by atoms with Crippen LogP contribution in [0.15, 0.2) is 29.3 Å². The maximum atomic E-state index is 13.4. The van der Waals surface area contributed by atoms with Gasteiger partial charge in [-0.05, 0) is 45.9 Å². The van der Waals surface area contributed by atoms with Crippen molar-refractivity contribution in [3.05, 3.63) is 29.5 Å². The SMILES string of the molecule is CC(C)(C)C=O.CCn1cc(S(=O)(=O)N2c3cc(NC(=O)OC(C)(C)C(F)(F)F)ccc3OCC2C)c(Cl)n1. The Morgan fingerprint density at radius 2 is 1.85 bits per heavy atom. The summed E-state index contributed by atoms with van der Waals surface area (Å²) in [4.78, 5) is 21.7. The summed E-state index contributed by atoms with van der Waals surface area (Å²) in [6.45, 7) is 10.9. The number of hydrogen-bond donors (Lipinski definition) is 1. The number of carbonyl (C=O) groups excluding carboxylic acids is 2. The lowest BCUT2D eigenvalue weighted by atomic mass is 10.0. The number of fused-ring (bicyclic) bond motifs is 1. The molecule has 0 saturated carbocycles. The van der Waals surface area contributed by atoms with E-state index in [1.165, 1.54) is 29.1 Å². The Balaban J connectivity index is 0.000000798. The van der Waals surface area contributed by atoms with Crippen LogP contribution in [0.4, 0.5) is 29.3 Å². The van der Waals surface area contributed by atoms with Crippen molar-refractivity contribution < 1.29 is 40.7 Å². The van der Waals surface area contributed by atoms with Gasteiger partial charge >= 0.3 is 12.3 Å². The molecule has 0 aliphatic carbocycles. The number of aldehydes is 1. The van der Waals surface area contributed by atoms with Crippen LogP contribution in [-0.2, 0) is 26.1 Å². The van der Waals surface area contributed by atoms with E-state index in [1.54, 1.807) is 13.8 Å². The van der Waals surface area contributed by atoms with E-state index in [0.717, 1.165) is 10.6 Å². The normalized spacial score (nSPS) is 15.9. The van der Waals surface area contributed by atoms with Gasteiger partial charge in [0.1, 0.15) is 23.5 Å². The van der Waals surface area contributed by atoms with Crippen LogP contribution in [0.5, 0.6) is 5.75 Å². The molecule has 218 valence electrons. The molecule has 15 heteroatoms. The largest absolute Gasteiger partial charge is 0.489 e. The first-order chi connectivity index (χ1) is 17.7. The number of alkyl halides is 3. The van der Waals surface area contributed by atoms with E-state index in [-0.39, 0.29) is 39.2 Å². The summed E-state index contributed by atoms with van der Waals surface area (Å²) in [5.74, 6) is 0.199. The van der Waals surface area contributed by atoms with Crippen molar-refractivity contribution in [2.24, 2.45) is 5.41 Å². The second-order valence-corrected chi connectivity index (χ2v) is 12.4. The highest BCUT2D eigenvalue weighted by molar-refractivity contribution is 7.93. The minimum Gasteiger partial charge on any atom is -0.489 e. The highest BCUT2D eigenvalue weighted by Crippen LogP contribution is 2.41. The quantitative estimate of drug-likeness (QED) is 0.443. The van der Waals surface area contributed by atoms with Crippen molar-refractivity contribution in [2.75, 3.05) is 16.2 Å². The zero-order valence-corrected chi connectivity index (χ0v) is 24.2. The lowest BCUT2D eigenvalue weighted by Gasteiger charge is -2.35. The molecule has 0 saturated heterocycles. The van der Waals surface area contributed by atoms with Crippen LogP contribution >= 0.6 is 11.6 Å². The van der Waals surface area contributed by atoms with E-state index in [2.05, 4.69) is 15.2 Å². The fourth-order valence-electron chi connectivity index (χ4n) is 3.02. The Morgan fingerprint density at radius 1 is 1.26 bits per heavy atom. The zero-order chi connectivity index (χ0) is 30.0. The van der Waals surface area contributed by atoms with Gasteiger partial charge in [0.2, 0.25) is 5.60 Å². The third-order valence-corrected chi connectivity index (χ3v) is 7.57. The monoisotopic (exact) mass is 596 g/mol. The zero-order valence-electron chi connectivity index (χ0n) is 22.6. The molecule has 39 heavy (non-hydrogen) atoms. The van der Waals surface area contributed by atoms with Crippen LogP contribution in [0.3, 0.4) is 0 Å². The molecule has 0 radical (unpaired) electrons. The summed E-state index contributed by atoms with van der Waals surface area (Å²) in [6.07, 6.45) is -3.90. The first-order valence-corrected chi connectivity index (χ1v) is 13.6. The lowest BCUT2D eigenvalue weighted by Crippen LogP contribution is -2.45. The summed E-state index contributed by atoms with van der Waals surface area (Å²) < 4.78 is 78.4. The minimum absolute atomic E-state index is 0.00461. The Bertz CT molecular complexity index is 1310. The smallest absolute Gasteiger partial charge is 0.427 e. The van der Waals surface area contributed by atoms with E-state index in [4.69, 9.17) is 16.3 Å². The van der Waals surface area contributed by atoms with Crippen molar-refractivity contribution in [3.63, 3.8) is 0 Å². The molecule has 1 aliphatic rings. The summed E-state index contributed by atoms with van der Waals surface area (Å²) in [6, 6.07) is 3.35. The molecule has 2 aromatic rings. The molecule has 3 rings (SSSR count). The number of anilines is 2. The molecule has 1 atom stereocenters. The number of benzene rings is 1. The van der Waals surface area contributed by atoms with Crippen molar-refractivity contribution in [2.45, 2.75) is 77.7 Å². The number of nitrogens with zero attached hydrogens (tertiary/aromatic N) is 3. The van der Waals surface area contributed by atoms with Crippen LogP contribution < -0.4 is 14.4 Å². The van der Waals surface area contributed by atoms with Crippen LogP contribution in [-0.4, -0.2) is 55.0 Å². The first kappa shape index (κ1) is 32.2. The van der Waals surface area contributed by atoms with Gasteiger partial charge in [0.05, 0.1) is 11.7 Å². The van der Waals surface area contributed by atoms with Crippen molar-refractivity contribution in [3.8, 4) is 5.75 Å². The number of carbonyl (C=O) groups is 2. The van der Waals surface area contributed by atoms with Crippen molar-refractivity contribution >= 4 is 45.4 Å². The predicted molar refractivity (Wildman–Crippen MR) is 140 cm³/mol. The molecule has 1 N–H and O–H groups in total. The Kier molecular flexibility index (Phi) is 9.60. The minimum atomic E-state index is -4.78. The molecular weight excluding hydrogens is 565 g/mol. The maximum absolute atomic E-state index is 13.4. The number of halogens is 4. The molecule has 1 aliphatic heterocycles. The average molecular weight is 597 g/mol. The highest BCUT2D eigenvalue weighted by atomic mass is 35.5. The van der Waals surface area contributed by atoms with Gasteiger partial charge < -0.3 is 14.3 Å². The molecule has 1 amide bonds. The van der Waals surface area contributed by atoms with Gasteiger partial charge in [-0.1, -0.05) is 32.4 Å². The Hall–Kier alpha value is -3.00. The molecular formula is C24H32ClF3N4O6S. The summed E-state index contributed by atoms with van der Waals surface area (Å²) in [7, 11) is -4.19. The van der Waals surface area contributed by atoms with Gasteiger partial charge in [-0.15, -0.1) is 0 Å². The van der Waals surface area contributed by atoms with E-state index in [0.29, 0.717) is 20.4 Å². The number of aryl methyl sites for hydroxylation is 1. The number of ether oxygens (including phenoxy) is 2. The van der Waals surface area contributed by atoms with Gasteiger partial charge in [-0.25, -0.2) is 13.2 Å². The van der Waals surface area contributed by atoms with Crippen LogP contribution in [0.25, 0.3) is 0 Å². The summed E-state index contributed by atoms with van der Waals surface area (Å²) in [5, 5.41) is 5.95. The molecule has 1 aromatic carbocycles. The number of rotatable bonds is 5. The van der Waals surface area contributed by atoms with Gasteiger partial charge in [-0.2, -0.15) is 18.3 Å². The molecule has 0 spiro atoms. The number of amides is 1. The number of nitrogens with one attached hydrogen (secondary N) is 1. The number of aromatic nitrogens is 2. The second kappa shape index (κ2) is 11.6. The molecule has 1 unspecified atom stereocenters. The average Bonchev–Trinajstić information content (AvgIpc) is 3.19. The number of sulfonamides is 1. The third kappa shape index (κ3) is 7.78. The topological polar surface area (TPSA) is 120 Å². The van der Waals surface area contributed by atoms with E-state index >= 15 is 0 Å². The first-order valence-electron chi connectivity index (χ1n) is 11.8. The van der Waals surface area contributed by atoms with Gasteiger partial charge in [0.15, 0.2) is 5.15 Å². The predicted octanol–water partition coefficient (Wildman–Crippen LogP) is 5.65. The third-order valence-electron chi connectivity index (χ3n) is 5.25. The van der Waals surface area contributed by atoms with E-state index in [1.807, 2.05) is 20.8 Å². The summed E-state index contributed by atoms with van der Waals surface area (Å²) >= 11 is 6.07. The van der Waals surface area contributed by atoms with Crippen LogP contribution in [0, 0.1) is 5.41 Å². The lowest BCUT2D eigenvalue weighted by molar-refractivity contribution is -0.242. The Morgan fingerprint density at radius 3 is 2.33 bits per heavy atom. The number of hydrogen-bond acceptors (Lipinski definition) is 7. The molecule has 10 nitrogen and oxygen atoms in total. The molecule has 2 heterocycles. The van der Waals surface area contributed by atoms with Gasteiger partial charge in [-0.3, -0.25) is 14.3 Å². The summed E-state index contributed by atoms with van der Waals surface area (Å²) in [5.41, 5.74) is -2.79. The highest BCUT2D eigenvalue weighted by Gasteiger charge is 2.51. The standard InChI is InChI=1S/C19H22ClF3N4O5S.C5H10O/c1-5-26-9-15(16(20)25-26)33(29,30)27-11(2)10-31-14-7-6-12(8-13(14)27)24-17(28)32-18(3,4)19(21,22)23;1-5(2,3)4-6/h6-9,11H,5,10H2,1-4H3,(H,24,28);4H,1-3H3. The Labute approximate surface area is 230 Å². The molecule has 0 fully saturated rings. The van der Waals surface area contributed by atoms with E-state index < -0.39 is 33.9 Å². The van der Waals surface area contributed by atoms with Crippen molar-refractivity contribution in [1.29, 1.82) is 0 Å². The van der Waals surface area contributed by atoms with Gasteiger partial charge in [0.25, 0.3) is 10.0 Å². The molecule has 1 aromatic heterocycles.